The van der Waals surface area contributed by atoms with Crippen LogP contribution in [0.1, 0.15) is 11.1 Å². The number of amides is 2. The monoisotopic (exact) mass is 535 g/mol. The molecule has 3 aromatic carbocycles. The third kappa shape index (κ3) is 6.59. The van der Waals surface area contributed by atoms with Crippen LogP contribution in [0, 0.1) is 0 Å². The van der Waals surface area contributed by atoms with E-state index in [2.05, 4.69) is 47.7 Å². The molecule has 0 saturated heterocycles. The normalized spacial score (nSPS) is 10.7. The van der Waals surface area contributed by atoms with Gasteiger partial charge in [0.2, 0.25) is 0 Å². The van der Waals surface area contributed by atoms with E-state index in [-0.39, 0.29) is 0 Å². The minimum atomic E-state index is -0.477. The number of benzene rings is 3. The molecule has 0 aliphatic rings. The summed E-state index contributed by atoms with van der Waals surface area (Å²) in [5.41, 5.74) is 4.78. The number of hydrogen-bond donors (Lipinski definition) is 2. The van der Waals surface area contributed by atoms with E-state index >= 15 is 0 Å². The van der Waals surface area contributed by atoms with Gasteiger partial charge in [0.15, 0.2) is 0 Å². The summed E-state index contributed by atoms with van der Waals surface area (Å²) < 4.78 is 7.79. The Morgan fingerprint density at radius 3 is 2.55 bits per heavy atom. The van der Waals surface area contributed by atoms with Gasteiger partial charge in [-0.2, -0.15) is 5.10 Å². The molecular formula is C21H16Br2ClN3O2. The number of hydrogen-bond acceptors (Lipinski definition) is 3. The van der Waals surface area contributed by atoms with Crippen molar-refractivity contribution in [2.45, 2.75) is 6.61 Å². The van der Waals surface area contributed by atoms with Crippen molar-refractivity contribution in [3.05, 3.63) is 91.8 Å². The Bertz CT molecular complexity index is 1030. The highest BCUT2D eigenvalue weighted by molar-refractivity contribution is 9.11. The maximum atomic E-state index is 11.9. The molecule has 0 aliphatic heterocycles. The summed E-state index contributed by atoms with van der Waals surface area (Å²) in [7, 11) is 0. The number of nitrogens with zero attached hydrogens (tertiary/aromatic N) is 1. The summed E-state index contributed by atoms with van der Waals surface area (Å²) in [6.07, 6.45) is 1.54. The first-order valence-corrected chi connectivity index (χ1v) is 10.5. The van der Waals surface area contributed by atoms with Crippen LogP contribution in [0.3, 0.4) is 0 Å². The molecule has 0 heterocycles. The number of hydrazone groups is 1. The summed E-state index contributed by atoms with van der Waals surface area (Å²) in [5.74, 6) is 0.737. The van der Waals surface area contributed by atoms with Crippen molar-refractivity contribution in [3.8, 4) is 5.75 Å². The minimum Gasteiger partial charge on any atom is -0.489 e. The Morgan fingerprint density at radius 1 is 1.07 bits per heavy atom. The molecule has 0 unspecified atom stereocenters. The molecule has 0 aromatic heterocycles. The van der Waals surface area contributed by atoms with Gasteiger partial charge in [-0.1, -0.05) is 61.7 Å². The number of ether oxygens (including phenoxy) is 1. The predicted octanol–water partition coefficient (Wildman–Crippen LogP) is 6.60. The summed E-state index contributed by atoms with van der Waals surface area (Å²) >= 11 is 12.9. The second kappa shape index (κ2) is 10.4. The van der Waals surface area contributed by atoms with Gasteiger partial charge in [0.05, 0.1) is 16.9 Å². The zero-order chi connectivity index (χ0) is 20.6. The zero-order valence-electron chi connectivity index (χ0n) is 15.0. The lowest BCUT2D eigenvalue weighted by Crippen LogP contribution is -2.24. The van der Waals surface area contributed by atoms with Gasteiger partial charge in [0, 0.05) is 14.5 Å². The molecule has 0 spiro atoms. The predicted molar refractivity (Wildman–Crippen MR) is 124 cm³/mol. The number of carbonyl (C=O) groups is 1. The van der Waals surface area contributed by atoms with E-state index in [4.69, 9.17) is 16.3 Å². The molecule has 2 N–H and O–H groups in total. The van der Waals surface area contributed by atoms with Crippen molar-refractivity contribution in [1.82, 2.24) is 5.43 Å². The Labute approximate surface area is 190 Å². The topological polar surface area (TPSA) is 62.7 Å². The van der Waals surface area contributed by atoms with Crippen molar-refractivity contribution in [2.75, 3.05) is 5.32 Å². The standard InChI is InChI=1S/C21H16Br2ClN3O2/c22-16-8-7-15(18(23)11-16)13-29-17-9-5-14(6-10-17)12-25-27-21(28)26-20-4-2-1-3-19(20)24/h1-12H,13H2,(H2,26,27,28)/b25-12+. The van der Waals surface area contributed by atoms with Crippen LogP contribution in [0.5, 0.6) is 5.75 Å². The molecule has 0 saturated carbocycles. The molecule has 0 fully saturated rings. The number of rotatable bonds is 6. The van der Waals surface area contributed by atoms with Crippen LogP contribution in [-0.4, -0.2) is 12.2 Å². The van der Waals surface area contributed by atoms with Gasteiger partial charge >= 0.3 is 6.03 Å². The van der Waals surface area contributed by atoms with Crippen molar-refractivity contribution in [1.29, 1.82) is 0 Å². The van der Waals surface area contributed by atoms with Crippen molar-refractivity contribution >= 4 is 61.4 Å². The molecule has 0 radical (unpaired) electrons. The molecule has 0 atom stereocenters. The molecule has 3 rings (SSSR count). The molecule has 3 aromatic rings. The smallest absolute Gasteiger partial charge is 0.339 e. The van der Waals surface area contributed by atoms with E-state index in [1.165, 1.54) is 0 Å². The van der Waals surface area contributed by atoms with Crippen LogP contribution in [0.4, 0.5) is 10.5 Å². The van der Waals surface area contributed by atoms with Crippen LogP contribution < -0.4 is 15.5 Å². The average Bonchev–Trinajstić information content (AvgIpc) is 2.70. The van der Waals surface area contributed by atoms with E-state index in [0.29, 0.717) is 17.3 Å². The van der Waals surface area contributed by atoms with Crippen LogP contribution in [0.15, 0.2) is 80.8 Å². The van der Waals surface area contributed by atoms with Gasteiger partial charge in [-0.15, -0.1) is 0 Å². The summed E-state index contributed by atoms with van der Waals surface area (Å²) in [6, 6.07) is 19.8. The van der Waals surface area contributed by atoms with Crippen molar-refractivity contribution in [2.24, 2.45) is 5.10 Å². The van der Waals surface area contributed by atoms with E-state index in [9.17, 15) is 4.79 Å². The summed E-state index contributed by atoms with van der Waals surface area (Å²) in [5, 5.41) is 7.01. The molecule has 2 amide bonds. The first kappa shape index (κ1) is 21.4. The summed E-state index contributed by atoms with van der Waals surface area (Å²) in [6.45, 7) is 0.449. The average molecular weight is 538 g/mol. The molecule has 0 aliphatic carbocycles. The second-order valence-electron chi connectivity index (χ2n) is 5.90. The number of anilines is 1. The molecular weight excluding hydrogens is 522 g/mol. The fraction of sp³-hybridized carbons (Fsp3) is 0.0476. The Balaban J connectivity index is 1.49. The molecule has 5 nitrogen and oxygen atoms in total. The fourth-order valence-electron chi connectivity index (χ4n) is 2.33. The van der Waals surface area contributed by atoms with Crippen molar-refractivity contribution in [3.63, 3.8) is 0 Å². The van der Waals surface area contributed by atoms with Gasteiger partial charge in [0.25, 0.3) is 0 Å². The largest absolute Gasteiger partial charge is 0.489 e. The maximum absolute atomic E-state index is 11.9. The maximum Gasteiger partial charge on any atom is 0.339 e. The second-order valence-corrected chi connectivity index (χ2v) is 8.07. The van der Waals surface area contributed by atoms with Crippen LogP contribution in [-0.2, 0) is 6.61 Å². The van der Waals surface area contributed by atoms with Gasteiger partial charge in [0.1, 0.15) is 12.4 Å². The highest BCUT2D eigenvalue weighted by Gasteiger charge is 2.04. The lowest BCUT2D eigenvalue weighted by atomic mass is 10.2. The third-order valence-electron chi connectivity index (χ3n) is 3.79. The summed E-state index contributed by atoms with van der Waals surface area (Å²) in [4.78, 5) is 11.9. The third-order valence-corrected chi connectivity index (χ3v) is 5.35. The van der Waals surface area contributed by atoms with Crippen LogP contribution in [0.25, 0.3) is 0 Å². The van der Waals surface area contributed by atoms with E-state index < -0.39 is 6.03 Å². The van der Waals surface area contributed by atoms with E-state index in [1.54, 1.807) is 30.5 Å². The van der Waals surface area contributed by atoms with Crippen LogP contribution in [0.2, 0.25) is 5.02 Å². The van der Waals surface area contributed by atoms with E-state index in [1.807, 2.05) is 42.5 Å². The zero-order valence-corrected chi connectivity index (χ0v) is 19.0. The Morgan fingerprint density at radius 2 is 1.83 bits per heavy atom. The first-order chi connectivity index (χ1) is 14.0. The van der Waals surface area contributed by atoms with Crippen LogP contribution >= 0.6 is 43.5 Å². The molecule has 8 heteroatoms. The quantitative estimate of drug-likeness (QED) is 0.275. The van der Waals surface area contributed by atoms with Gasteiger partial charge < -0.3 is 10.1 Å². The lowest BCUT2D eigenvalue weighted by molar-refractivity contribution is 0.252. The fourth-order valence-corrected chi connectivity index (χ4v) is 3.67. The van der Waals surface area contributed by atoms with E-state index in [0.717, 1.165) is 25.8 Å². The molecule has 29 heavy (non-hydrogen) atoms. The van der Waals surface area contributed by atoms with Gasteiger partial charge in [-0.25, -0.2) is 10.2 Å². The highest BCUT2D eigenvalue weighted by Crippen LogP contribution is 2.23. The van der Waals surface area contributed by atoms with Gasteiger partial charge in [-0.05, 0) is 54.1 Å². The number of urea groups is 1. The molecule has 148 valence electrons. The minimum absolute atomic E-state index is 0.449. The number of halogens is 3. The first-order valence-electron chi connectivity index (χ1n) is 8.52. The number of para-hydroxylation sites is 1. The lowest BCUT2D eigenvalue weighted by Gasteiger charge is -2.08. The number of nitrogens with one attached hydrogen (secondary N) is 2. The highest BCUT2D eigenvalue weighted by atomic mass is 79.9. The van der Waals surface area contributed by atoms with Gasteiger partial charge in [-0.3, -0.25) is 0 Å². The number of carbonyl (C=O) groups excluding carboxylic acids is 1. The van der Waals surface area contributed by atoms with Crippen molar-refractivity contribution < 1.29 is 9.53 Å². The molecule has 0 bridgehead atoms. The SMILES string of the molecule is O=C(N/N=C/c1ccc(OCc2ccc(Br)cc2Br)cc1)Nc1ccccc1Cl. The Hall–Kier alpha value is -2.35. The Kier molecular flexibility index (Phi) is 7.69.